The Balaban J connectivity index is 2.55. The molecule has 1 aromatic carbocycles. The van der Waals surface area contributed by atoms with Gasteiger partial charge in [-0.05, 0) is 44.0 Å². The monoisotopic (exact) mass is 397 g/mol. The summed E-state index contributed by atoms with van der Waals surface area (Å²) in [6.45, 7) is 5.59. The third-order valence-electron chi connectivity index (χ3n) is 4.54. The molecule has 0 radical (unpaired) electrons. The van der Waals surface area contributed by atoms with Gasteiger partial charge in [0.1, 0.15) is 10.7 Å². The van der Waals surface area contributed by atoms with Crippen molar-refractivity contribution in [2.45, 2.75) is 56.0 Å². The number of carboxylic acid groups (broad SMARTS) is 1. The number of carbonyl (C=O) groups is 1. The first-order chi connectivity index (χ1) is 12.6. The number of halogens is 1. The number of benzene rings is 1. The number of amides is 1. The summed E-state index contributed by atoms with van der Waals surface area (Å²) in [5.41, 5.74) is 0.933. The third-order valence-corrected chi connectivity index (χ3v) is 6.44. The highest BCUT2D eigenvalue weighted by Crippen LogP contribution is 2.29. The number of nitrogens with zero attached hydrogens (tertiary/aromatic N) is 3. The average molecular weight is 397 g/mol. The first-order valence-corrected chi connectivity index (χ1v) is 10.2. The Hall–Kier alpha value is -2.42. The maximum Gasteiger partial charge on any atom is 0.407 e. The zero-order chi connectivity index (χ0) is 20.4. The van der Waals surface area contributed by atoms with Crippen LogP contribution in [0.4, 0.5) is 9.18 Å². The maximum atomic E-state index is 13.2. The molecule has 0 aliphatic heterocycles. The van der Waals surface area contributed by atoms with E-state index in [0.717, 1.165) is 17.0 Å². The van der Waals surface area contributed by atoms with E-state index in [1.165, 1.54) is 19.2 Å². The van der Waals surface area contributed by atoms with Gasteiger partial charge in [-0.1, -0.05) is 13.8 Å². The molecule has 7 nitrogen and oxygen atoms in total. The van der Waals surface area contributed by atoms with Gasteiger partial charge in [-0.3, -0.25) is 4.68 Å². The summed E-state index contributed by atoms with van der Waals surface area (Å²) >= 11 is 0. The van der Waals surface area contributed by atoms with Gasteiger partial charge in [0, 0.05) is 7.05 Å². The fraction of sp³-hybridized carbons (Fsp3) is 0.444. The summed E-state index contributed by atoms with van der Waals surface area (Å²) in [6, 6.07) is 4.30. The Morgan fingerprint density at radius 1 is 1.26 bits per heavy atom. The second-order valence-corrected chi connectivity index (χ2v) is 8.20. The van der Waals surface area contributed by atoms with E-state index in [1.807, 2.05) is 13.8 Å². The molecule has 0 bridgehead atoms. The Morgan fingerprint density at radius 3 is 2.33 bits per heavy atom. The van der Waals surface area contributed by atoms with Crippen LogP contribution in [0.5, 0.6) is 0 Å². The summed E-state index contributed by atoms with van der Waals surface area (Å²) in [5, 5.41) is 13.6. The zero-order valence-electron chi connectivity index (χ0n) is 15.8. The number of rotatable bonds is 7. The molecule has 1 amide bonds. The predicted octanol–water partition coefficient (Wildman–Crippen LogP) is 2.98. The van der Waals surface area contributed by atoms with Crippen molar-refractivity contribution in [1.82, 2.24) is 14.7 Å². The molecule has 148 valence electrons. The molecule has 2 rings (SSSR count). The molecule has 1 heterocycles. The summed E-state index contributed by atoms with van der Waals surface area (Å²) < 4.78 is 41.1. The van der Waals surface area contributed by atoms with Crippen molar-refractivity contribution in [3.8, 4) is 0 Å². The zero-order valence-corrected chi connectivity index (χ0v) is 16.6. The van der Waals surface area contributed by atoms with Crippen molar-refractivity contribution >= 4 is 15.9 Å². The molecule has 27 heavy (non-hydrogen) atoms. The van der Waals surface area contributed by atoms with Crippen LogP contribution in [0, 0.1) is 5.82 Å². The van der Waals surface area contributed by atoms with Crippen LogP contribution >= 0.6 is 0 Å². The van der Waals surface area contributed by atoms with E-state index < -0.39 is 27.8 Å². The highest BCUT2D eigenvalue weighted by Gasteiger charge is 2.29. The Morgan fingerprint density at radius 2 is 1.85 bits per heavy atom. The minimum atomic E-state index is -3.87. The van der Waals surface area contributed by atoms with Gasteiger partial charge in [0.15, 0.2) is 0 Å². The van der Waals surface area contributed by atoms with E-state index in [2.05, 4.69) is 5.10 Å². The normalized spacial score (nSPS) is 12.8. The van der Waals surface area contributed by atoms with Crippen molar-refractivity contribution in [2.24, 2.45) is 0 Å². The standard InChI is InChI=1S/C18H24FN3O4S/c1-5-15-17(27(25,26)14-9-7-13(19)8-10-14)16(6-2)22(20-15)11-12(3)21(4)18(23)24/h7-10,12H,5-6,11H2,1-4H3,(H,23,24)/t12-/m0/s1. The molecule has 1 N–H and O–H groups in total. The molecule has 0 aliphatic carbocycles. The van der Waals surface area contributed by atoms with Crippen molar-refractivity contribution in [1.29, 1.82) is 0 Å². The fourth-order valence-corrected chi connectivity index (χ4v) is 4.65. The molecule has 0 aliphatic rings. The summed E-state index contributed by atoms with van der Waals surface area (Å²) in [6.07, 6.45) is -0.256. The fourth-order valence-electron chi connectivity index (χ4n) is 2.86. The quantitative estimate of drug-likeness (QED) is 0.725. The first kappa shape index (κ1) is 20.9. The molecule has 0 spiro atoms. The predicted molar refractivity (Wildman–Crippen MR) is 98.1 cm³/mol. The lowest BCUT2D eigenvalue weighted by Gasteiger charge is -2.22. The molecule has 0 fully saturated rings. The Labute approximate surface area is 158 Å². The summed E-state index contributed by atoms with van der Waals surface area (Å²) in [5.74, 6) is -0.512. The molecular formula is C18H24FN3O4S. The van der Waals surface area contributed by atoms with Crippen LogP contribution in [0.15, 0.2) is 34.1 Å². The number of aromatic nitrogens is 2. The number of hydrogen-bond acceptors (Lipinski definition) is 4. The highest BCUT2D eigenvalue weighted by atomic mass is 32.2. The number of sulfone groups is 1. The SMILES string of the molecule is CCc1nn(C[C@H](C)N(C)C(=O)O)c(CC)c1S(=O)(=O)c1ccc(F)cc1. The minimum absolute atomic E-state index is 0.00329. The van der Waals surface area contributed by atoms with Gasteiger partial charge in [-0.25, -0.2) is 17.6 Å². The van der Waals surface area contributed by atoms with Gasteiger partial charge in [0.2, 0.25) is 9.84 Å². The minimum Gasteiger partial charge on any atom is -0.465 e. The first-order valence-electron chi connectivity index (χ1n) is 8.68. The smallest absolute Gasteiger partial charge is 0.407 e. The Bertz CT molecular complexity index is 923. The second-order valence-electron chi connectivity index (χ2n) is 6.31. The van der Waals surface area contributed by atoms with Gasteiger partial charge in [0.25, 0.3) is 0 Å². The van der Waals surface area contributed by atoms with Crippen LogP contribution in [-0.4, -0.2) is 47.4 Å². The number of aryl methyl sites for hydroxylation is 1. The van der Waals surface area contributed by atoms with Gasteiger partial charge >= 0.3 is 6.09 Å². The van der Waals surface area contributed by atoms with Crippen molar-refractivity contribution in [2.75, 3.05) is 7.05 Å². The lowest BCUT2D eigenvalue weighted by molar-refractivity contribution is 0.136. The highest BCUT2D eigenvalue weighted by molar-refractivity contribution is 7.91. The van der Waals surface area contributed by atoms with Crippen LogP contribution < -0.4 is 0 Å². The van der Waals surface area contributed by atoms with E-state index in [0.29, 0.717) is 24.2 Å². The van der Waals surface area contributed by atoms with Crippen LogP contribution in [0.25, 0.3) is 0 Å². The summed E-state index contributed by atoms with van der Waals surface area (Å²) in [4.78, 5) is 12.4. The van der Waals surface area contributed by atoms with Gasteiger partial charge in [0.05, 0.1) is 28.9 Å². The van der Waals surface area contributed by atoms with Crippen molar-refractivity contribution < 1.29 is 22.7 Å². The molecule has 9 heteroatoms. The molecule has 0 saturated heterocycles. The second kappa shape index (κ2) is 8.08. The van der Waals surface area contributed by atoms with Gasteiger partial charge in [-0.15, -0.1) is 0 Å². The maximum absolute atomic E-state index is 13.2. The molecule has 1 atom stereocenters. The molecule has 1 aromatic heterocycles. The lowest BCUT2D eigenvalue weighted by Crippen LogP contribution is -2.37. The molecular weight excluding hydrogens is 373 g/mol. The van der Waals surface area contributed by atoms with Gasteiger partial charge in [-0.2, -0.15) is 5.10 Å². The molecule has 0 saturated carbocycles. The number of likely N-dealkylation sites (N-methyl/N-ethyl adjacent to an activating group) is 1. The van der Waals surface area contributed by atoms with E-state index in [9.17, 15) is 17.6 Å². The van der Waals surface area contributed by atoms with Crippen LogP contribution in [-0.2, 0) is 29.2 Å². The van der Waals surface area contributed by atoms with E-state index in [4.69, 9.17) is 5.11 Å². The third kappa shape index (κ3) is 4.13. The number of hydrogen-bond donors (Lipinski definition) is 1. The van der Waals surface area contributed by atoms with Gasteiger partial charge < -0.3 is 10.0 Å². The topological polar surface area (TPSA) is 92.5 Å². The lowest BCUT2D eigenvalue weighted by atomic mass is 10.2. The van der Waals surface area contributed by atoms with E-state index in [1.54, 1.807) is 11.6 Å². The molecule has 2 aromatic rings. The van der Waals surface area contributed by atoms with E-state index in [-0.39, 0.29) is 16.3 Å². The average Bonchev–Trinajstić information content (AvgIpc) is 2.99. The van der Waals surface area contributed by atoms with Crippen LogP contribution in [0.3, 0.4) is 0 Å². The van der Waals surface area contributed by atoms with Crippen molar-refractivity contribution in [3.63, 3.8) is 0 Å². The van der Waals surface area contributed by atoms with Crippen molar-refractivity contribution in [3.05, 3.63) is 41.5 Å². The molecule has 0 unspecified atom stereocenters. The largest absolute Gasteiger partial charge is 0.465 e. The van der Waals surface area contributed by atoms with E-state index >= 15 is 0 Å². The Kier molecular flexibility index (Phi) is 6.25. The summed E-state index contributed by atoms with van der Waals surface area (Å²) in [7, 11) is -2.42. The van der Waals surface area contributed by atoms with Crippen LogP contribution in [0.1, 0.15) is 32.2 Å². The van der Waals surface area contributed by atoms with Crippen LogP contribution in [0.2, 0.25) is 0 Å².